The van der Waals surface area contributed by atoms with E-state index >= 15 is 0 Å². The van der Waals surface area contributed by atoms with Gasteiger partial charge >= 0.3 is 0 Å². The van der Waals surface area contributed by atoms with Crippen LogP contribution in [0.1, 0.15) is 37.8 Å². The smallest absolute Gasteiger partial charge is 0.0155 e. The van der Waals surface area contributed by atoms with Crippen molar-refractivity contribution in [3.8, 4) is 0 Å². The van der Waals surface area contributed by atoms with Crippen LogP contribution in [0.4, 0.5) is 0 Å². The van der Waals surface area contributed by atoms with Gasteiger partial charge in [-0.15, -0.1) is 0 Å². The third kappa shape index (κ3) is 1.95. The quantitative estimate of drug-likeness (QED) is 0.558. The Morgan fingerprint density at radius 3 is 1.57 bits per heavy atom. The van der Waals surface area contributed by atoms with Gasteiger partial charge in [0, 0.05) is 0 Å². The summed E-state index contributed by atoms with van der Waals surface area (Å²) in [6, 6.07) is 8.37. The van der Waals surface area contributed by atoms with Crippen molar-refractivity contribution in [1.29, 1.82) is 0 Å². The van der Waals surface area contributed by atoms with Crippen molar-refractivity contribution in [2.24, 2.45) is 0 Å². The summed E-state index contributed by atoms with van der Waals surface area (Å²) < 4.78 is 0. The SMILES string of the molecule is C=C1CCC(=C)c2ccccc21.CC. The number of rotatable bonds is 0. The van der Waals surface area contributed by atoms with Crippen LogP contribution in [0, 0.1) is 0 Å². The van der Waals surface area contributed by atoms with Gasteiger partial charge in [0.05, 0.1) is 0 Å². The Bertz CT molecular complexity index is 310. The van der Waals surface area contributed by atoms with E-state index in [0.717, 1.165) is 12.8 Å². The van der Waals surface area contributed by atoms with Gasteiger partial charge in [-0.2, -0.15) is 0 Å². The van der Waals surface area contributed by atoms with E-state index in [1.54, 1.807) is 0 Å². The molecule has 1 aliphatic rings. The van der Waals surface area contributed by atoms with E-state index < -0.39 is 0 Å². The Morgan fingerprint density at radius 1 is 0.857 bits per heavy atom. The predicted molar refractivity (Wildman–Crippen MR) is 65.1 cm³/mol. The van der Waals surface area contributed by atoms with Gasteiger partial charge in [0.1, 0.15) is 0 Å². The minimum absolute atomic E-state index is 1.07. The normalized spacial score (nSPS) is 14.1. The molecule has 0 nitrogen and oxygen atoms in total. The van der Waals surface area contributed by atoms with E-state index in [1.807, 2.05) is 13.8 Å². The molecule has 14 heavy (non-hydrogen) atoms. The number of hydrogen-bond acceptors (Lipinski definition) is 0. The van der Waals surface area contributed by atoms with Crippen molar-refractivity contribution in [1.82, 2.24) is 0 Å². The second-order valence-electron chi connectivity index (χ2n) is 3.25. The van der Waals surface area contributed by atoms with Crippen molar-refractivity contribution in [3.05, 3.63) is 48.6 Å². The Kier molecular flexibility index (Phi) is 3.70. The third-order valence-corrected chi connectivity index (χ3v) is 2.42. The van der Waals surface area contributed by atoms with Gasteiger partial charge in [-0.1, -0.05) is 51.3 Å². The average Bonchev–Trinajstić information content (AvgIpc) is 2.27. The van der Waals surface area contributed by atoms with Crippen LogP contribution in [-0.2, 0) is 0 Å². The van der Waals surface area contributed by atoms with Crippen molar-refractivity contribution in [3.63, 3.8) is 0 Å². The molecule has 0 saturated heterocycles. The summed E-state index contributed by atoms with van der Waals surface area (Å²) in [5.74, 6) is 0. The molecule has 0 radical (unpaired) electrons. The summed E-state index contributed by atoms with van der Waals surface area (Å²) in [7, 11) is 0. The fourth-order valence-electron chi connectivity index (χ4n) is 1.67. The number of benzene rings is 1. The molecule has 74 valence electrons. The first-order valence-corrected chi connectivity index (χ1v) is 5.24. The molecular formula is C14H18. The van der Waals surface area contributed by atoms with E-state index in [-0.39, 0.29) is 0 Å². The maximum atomic E-state index is 4.05. The molecule has 1 aromatic rings. The van der Waals surface area contributed by atoms with Gasteiger partial charge in [-0.25, -0.2) is 0 Å². The molecule has 0 amide bonds. The highest BCUT2D eigenvalue weighted by Gasteiger charge is 2.13. The lowest BCUT2D eigenvalue weighted by Crippen LogP contribution is -1.98. The van der Waals surface area contributed by atoms with E-state index in [4.69, 9.17) is 0 Å². The monoisotopic (exact) mass is 186 g/mol. The molecule has 0 heteroatoms. The first-order valence-electron chi connectivity index (χ1n) is 5.24. The fraction of sp³-hybridized carbons (Fsp3) is 0.286. The molecule has 1 aromatic carbocycles. The summed E-state index contributed by atoms with van der Waals surface area (Å²) in [5, 5.41) is 0. The van der Waals surface area contributed by atoms with Crippen LogP contribution in [0.25, 0.3) is 11.1 Å². The van der Waals surface area contributed by atoms with Gasteiger partial charge in [-0.05, 0) is 35.1 Å². The van der Waals surface area contributed by atoms with Crippen LogP contribution >= 0.6 is 0 Å². The maximum absolute atomic E-state index is 4.05. The zero-order valence-electron chi connectivity index (χ0n) is 9.14. The van der Waals surface area contributed by atoms with E-state index in [1.165, 1.54) is 22.3 Å². The van der Waals surface area contributed by atoms with Crippen LogP contribution in [0.2, 0.25) is 0 Å². The summed E-state index contributed by atoms with van der Waals surface area (Å²) in [6.45, 7) is 12.1. The predicted octanol–water partition coefficient (Wildman–Crippen LogP) is 4.53. The zero-order chi connectivity index (χ0) is 10.6. The Labute approximate surface area is 87.0 Å². The first kappa shape index (κ1) is 10.8. The molecule has 0 fully saturated rings. The lowest BCUT2D eigenvalue weighted by molar-refractivity contribution is 1.06. The molecule has 0 aromatic heterocycles. The number of hydrogen-bond donors (Lipinski definition) is 0. The molecule has 0 N–H and O–H groups in total. The third-order valence-electron chi connectivity index (χ3n) is 2.42. The summed E-state index contributed by atoms with van der Waals surface area (Å²) in [6.07, 6.45) is 2.13. The second kappa shape index (κ2) is 4.80. The van der Waals surface area contributed by atoms with Gasteiger partial charge in [0.15, 0.2) is 0 Å². The molecule has 2 rings (SSSR count). The van der Waals surface area contributed by atoms with Crippen LogP contribution in [0.15, 0.2) is 37.4 Å². The summed E-state index contributed by atoms with van der Waals surface area (Å²) in [4.78, 5) is 0. The molecule has 0 heterocycles. The lowest BCUT2D eigenvalue weighted by Gasteiger charge is -2.19. The van der Waals surface area contributed by atoms with Crippen molar-refractivity contribution in [2.45, 2.75) is 26.7 Å². The van der Waals surface area contributed by atoms with Gasteiger partial charge in [-0.3, -0.25) is 0 Å². The lowest BCUT2D eigenvalue weighted by atomic mass is 9.85. The Morgan fingerprint density at radius 2 is 1.21 bits per heavy atom. The van der Waals surface area contributed by atoms with Gasteiger partial charge in [0.2, 0.25) is 0 Å². The van der Waals surface area contributed by atoms with Crippen molar-refractivity contribution >= 4 is 11.1 Å². The van der Waals surface area contributed by atoms with Crippen molar-refractivity contribution in [2.75, 3.05) is 0 Å². The highest BCUT2D eigenvalue weighted by atomic mass is 14.2. The van der Waals surface area contributed by atoms with E-state index in [9.17, 15) is 0 Å². The zero-order valence-corrected chi connectivity index (χ0v) is 9.14. The first-order chi connectivity index (χ1) is 6.79. The molecule has 0 unspecified atom stereocenters. The Balaban J connectivity index is 0.000000461. The largest absolute Gasteiger partial charge is 0.0952 e. The van der Waals surface area contributed by atoms with Crippen molar-refractivity contribution < 1.29 is 0 Å². The van der Waals surface area contributed by atoms with Crippen LogP contribution in [0.3, 0.4) is 0 Å². The number of allylic oxidation sites excluding steroid dienone is 2. The fourth-order valence-corrected chi connectivity index (χ4v) is 1.67. The highest BCUT2D eigenvalue weighted by Crippen LogP contribution is 2.35. The standard InChI is InChI=1S/C12H12.C2H6/c1-9-7-8-10(2)12-6-4-3-5-11(9)12;1-2/h3-6H,1-2,7-8H2;1-2H3. The summed E-state index contributed by atoms with van der Waals surface area (Å²) >= 11 is 0. The highest BCUT2D eigenvalue weighted by molar-refractivity contribution is 5.82. The van der Waals surface area contributed by atoms with Gasteiger partial charge < -0.3 is 0 Å². The van der Waals surface area contributed by atoms with Crippen LogP contribution in [-0.4, -0.2) is 0 Å². The Hall–Kier alpha value is -1.30. The van der Waals surface area contributed by atoms with Gasteiger partial charge in [0.25, 0.3) is 0 Å². The molecule has 0 bridgehead atoms. The molecule has 1 aliphatic carbocycles. The topological polar surface area (TPSA) is 0 Å². The number of fused-ring (bicyclic) bond motifs is 1. The molecule has 0 aliphatic heterocycles. The van der Waals surface area contributed by atoms with E-state index in [0.29, 0.717) is 0 Å². The molecular weight excluding hydrogens is 168 g/mol. The minimum atomic E-state index is 1.07. The molecule has 0 spiro atoms. The average molecular weight is 186 g/mol. The van der Waals surface area contributed by atoms with Crippen LogP contribution < -0.4 is 0 Å². The molecule has 0 atom stereocenters. The minimum Gasteiger partial charge on any atom is -0.0952 e. The second-order valence-corrected chi connectivity index (χ2v) is 3.25. The molecule has 0 saturated carbocycles. The summed E-state index contributed by atoms with van der Waals surface area (Å²) in [5.41, 5.74) is 5.07. The van der Waals surface area contributed by atoms with E-state index in [2.05, 4.69) is 37.4 Å². The van der Waals surface area contributed by atoms with Crippen LogP contribution in [0.5, 0.6) is 0 Å². The maximum Gasteiger partial charge on any atom is -0.0155 e.